The molecule has 0 N–H and O–H groups in total. The minimum atomic E-state index is -4.27. The van der Waals surface area contributed by atoms with Crippen LogP contribution in [0.25, 0.3) is 10.8 Å². The van der Waals surface area contributed by atoms with E-state index in [4.69, 9.17) is 21.7 Å². The van der Waals surface area contributed by atoms with E-state index in [1.165, 1.54) is 33.3 Å². The van der Waals surface area contributed by atoms with E-state index in [9.17, 15) is 13.0 Å². The molecule has 0 aromatic heterocycles. The van der Waals surface area contributed by atoms with Gasteiger partial charge in [-0.3, -0.25) is 0 Å². The Labute approximate surface area is 399 Å². The van der Waals surface area contributed by atoms with Crippen molar-refractivity contribution in [2.24, 2.45) is 4.99 Å². The van der Waals surface area contributed by atoms with Gasteiger partial charge in [0.05, 0.1) is 34.3 Å². The maximum Gasteiger partial charge on any atom is 1.00 e. The van der Waals surface area contributed by atoms with Crippen LogP contribution in [-0.4, -0.2) is 60.9 Å². The molecule has 0 radical (unpaired) electrons. The molecule has 0 spiro atoms. The Kier molecular flexibility index (Phi) is 16.4. The van der Waals surface area contributed by atoms with Crippen LogP contribution in [0.4, 0.5) is 11.4 Å². The van der Waals surface area contributed by atoms with E-state index in [0.717, 1.165) is 72.0 Å². The van der Waals surface area contributed by atoms with Crippen molar-refractivity contribution < 1.29 is 73.6 Å². The number of isothiocyanates is 1. The van der Waals surface area contributed by atoms with E-state index in [-0.39, 0.29) is 63.1 Å². The fourth-order valence-electron chi connectivity index (χ4n) is 9.03. The molecule has 12 heteroatoms. The summed E-state index contributed by atoms with van der Waals surface area (Å²) >= 11 is 4.88. The SMILES string of the molecule is COc1ccc(OC2=C(/C=C/C3=[N+](CCCN=C=S)c4ccc5ccccc5c4C3(C)C)CCC/C2=C\C=C2\N(CCCCS(=O)(=O)[O-])c3ccccc3C2(C)C)cc1.[Br-].[Na+]. The number of halogens is 1. The Balaban J connectivity index is 0.00000352. The molecule has 0 saturated carbocycles. The Morgan fingerprint density at radius 3 is 2.34 bits per heavy atom. The van der Waals surface area contributed by atoms with Gasteiger partial charge in [0.15, 0.2) is 12.3 Å². The van der Waals surface area contributed by atoms with Gasteiger partial charge in [-0.15, -0.1) is 0 Å². The van der Waals surface area contributed by atoms with Gasteiger partial charge < -0.3 is 35.9 Å². The van der Waals surface area contributed by atoms with Crippen LogP contribution >= 0.6 is 12.2 Å². The molecule has 0 amide bonds. The second-order valence-corrected chi connectivity index (χ2v) is 18.2. The molecular weight excluding hydrogens is 878 g/mol. The first kappa shape index (κ1) is 48.4. The molecule has 2 heterocycles. The molecule has 3 aliphatic rings. The van der Waals surface area contributed by atoms with Crippen molar-refractivity contribution in [2.75, 3.05) is 37.4 Å². The van der Waals surface area contributed by atoms with Gasteiger partial charge in [0.1, 0.15) is 17.3 Å². The average molecular weight is 931 g/mol. The summed E-state index contributed by atoms with van der Waals surface area (Å²) in [6.45, 7) is 11.1. The van der Waals surface area contributed by atoms with Gasteiger partial charge in [-0.25, -0.2) is 13.4 Å². The van der Waals surface area contributed by atoms with Crippen LogP contribution in [-0.2, 0) is 20.9 Å². The van der Waals surface area contributed by atoms with E-state index in [1.807, 2.05) is 30.3 Å². The zero-order valence-electron chi connectivity index (χ0n) is 36.0. The molecule has 4 aromatic rings. The van der Waals surface area contributed by atoms with Gasteiger partial charge in [-0.1, -0.05) is 62.4 Å². The van der Waals surface area contributed by atoms with Crippen LogP contribution in [0.1, 0.15) is 77.3 Å². The number of unbranched alkanes of at least 4 members (excludes halogenated alkanes) is 1. The number of fused-ring (bicyclic) bond motifs is 4. The molecule has 8 nitrogen and oxygen atoms in total. The van der Waals surface area contributed by atoms with Gasteiger partial charge in [0.25, 0.3) is 0 Å². The summed E-state index contributed by atoms with van der Waals surface area (Å²) in [6.07, 6.45) is 13.4. The fraction of sp³-hybridized carbons (Fsp3) is 0.347. The third kappa shape index (κ3) is 10.6. The monoisotopic (exact) mass is 929 g/mol. The second kappa shape index (κ2) is 20.7. The number of rotatable bonds is 15. The Hall–Kier alpha value is -3.64. The summed E-state index contributed by atoms with van der Waals surface area (Å²) in [5, 5.41) is 5.02. The number of allylic oxidation sites excluding steroid dienone is 7. The summed E-state index contributed by atoms with van der Waals surface area (Å²) in [5.74, 6) is 1.97. The van der Waals surface area contributed by atoms with Gasteiger partial charge in [0, 0.05) is 53.2 Å². The van der Waals surface area contributed by atoms with Crippen LogP contribution in [0.2, 0.25) is 0 Å². The maximum atomic E-state index is 11.4. The van der Waals surface area contributed by atoms with E-state index in [0.29, 0.717) is 25.9 Å². The molecule has 314 valence electrons. The molecule has 7 rings (SSSR count). The summed E-state index contributed by atoms with van der Waals surface area (Å²) in [6, 6.07) is 29.2. The molecule has 0 saturated heterocycles. The quantitative estimate of drug-likeness (QED) is 0.0426. The number of ether oxygens (including phenoxy) is 2. The minimum Gasteiger partial charge on any atom is -1.00 e. The van der Waals surface area contributed by atoms with E-state index in [2.05, 4.69) is 126 Å². The largest absolute Gasteiger partial charge is 1.00 e. The van der Waals surface area contributed by atoms with Crippen molar-refractivity contribution in [3.63, 3.8) is 0 Å². The summed E-state index contributed by atoms with van der Waals surface area (Å²) in [7, 11) is -2.61. The smallest absolute Gasteiger partial charge is 1.00 e. The molecule has 2 aliphatic heterocycles. The third-order valence-electron chi connectivity index (χ3n) is 11.9. The molecule has 61 heavy (non-hydrogen) atoms. The van der Waals surface area contributed by atoms with E-state index in [1.54, 1.807) is 7.11 Å². The van der Waals surface area contributed by atoms with Crippen LogP contribution in [0, 0.1) is 0 Å². The van der Waals surface area contributed by atoms with Gasteiger partial charge >= 0.3 is 29.6 Å². The number of methoxy groups -OCH3 is 1. The number of nitrogens with zero attached hydrogens (tertiary/aromatic N) is 3. The first-order valence-electron chi connectivity index (χ1n) is 20.5. The van der Waals surface area contributed by atoms with Crippen LogP contribution in [0.15, 0.2) is 137 Å². The van der Waals surface area contributed by atoms with Crippen molar-refractivity contribution in [1.29, 1.82) is 0 Å². The molecular formula is C49H53BrN3NaO5S2. The van der Waals surface area contributed by atoms with Gasteiger partial charge in [-0.05, 0) is 134 Å². The second-order valence-electron chi connectivity index (χ2n) is 16.5. The number of anilines is 1. The van der Waals surface area contributed by atoms with E-state index < -0.39 is 10.1 Å². The molecule has 1 aliphatic carbocycles. The molecule has 0 bridgehead atoms. The van der Waals surface area contributed by atoms with Crippen molar-refractivity contribution in [2.45, 2.75) is 77.0 Å². The zero-order valence-corrected chi connectivity index (χ0v) is 41.3. The normalized spacial score (nSPS) is 17.9. The van der Waals surface area contributed by atoms with Crippen molar-refractivity contribution >= 4 is 55.4 Å². The predicted octanol–water partition coefficient (Wildman–Crippen LogP) is 4.73. The molecule has 0 atom stereocenters. The number of benzene rings is 4. The van der Waals surface area contributed by atoms with Gasteiger partial charge in [0.2, 0.25) is 5.69 Å². The number of thiocarbonyl (C=S) groups is 1. The number of hydrogen-bond acceptors (Lipinski definition) is 8. The van der Waals surface area contributed by atoms with Crippen molar-refractivity contribution in [1.82, 2.24) is 0 Å². The Morgan fingerprint density at radius 2 is 1.61 bits per heavy atom. The number of para-hydroxylation sites is 1. The third-order valence-corrected chi connectivity index (χ3v) is 12.9. The number of hydrogen-bond donors (Lipinski definition) is 0. The Bertz CT molecular complexity index is 2570. The molecule has 0 unspecified atom stereocenters. The molecule has 4 aromatic carbocycles. The van der Waals surface area contributed by atoms with Gasteiger partial charge in [-0.2, -0.15) is 4.58 Å². The Morgan fingerprint density at radius 1 is 0.885 bits per heavy atom. The first-order valence-corrected chi connectivity index (χ1v) is 22.5. The predicted molar refractivity (Wildman–Crippen MR) is 242 cm³/mol. The molecule has 0 fully saturated rings. The van der Waals surface area contributed by atoms with Crippen molar-refractivity contribution in [3.05, 3.63) is 143 Å². The van der Waals surface area contributed by atoms with Crippen LogP contribution in [0.3, 0.4) is 0 Å². The number of aliphatic imine (C=N–C) groups is 1. The average Bonchev–Trinajstić information content (AvgIpc) is 3.58. The fourth-order valence-corrected chi connectivity index (χ4v) is 9.68. The van der Waals surface area contributed by atoms with Crippen LogP contribution in [0.5, 0.6) is 11.5 Å². The zero-order chi connectivity index (χ0) is 41.8. The minimum absolute atomic E-state index is 0. The summed E-state index contributed by atoms with van der Waals surface area (Å²) < 4.78 is 49.0. The standard InChI is InChI=1S/C49H53N3O5S2.BrH.Na/c1-48(2)41-18-8-9-19-42(41)51(31-10-11-33-59(53,54)55)44(48)28-21-36-15-12-16-37(47(36)57-39-25-23-38(56-5)24-26-39)22-29-45-49(3,4)46-40-17-7-6-14-35(40)20-27-43(46)52(45)32-13-30-50-34-58;;/h6-9,14,17-29H,10-13,15-16,30-33H2,1-5H3;1H;/q;;+1/p-1. The summed E-state index contributed by atoms with van der Waals surface area (Å²) in [4.78, 5) is 6.50. The van der Waals surface area contributed by atoms with Crippen LogP contribution < -0.4 is 60.9 Å². The first-order chi connectivity index (χ1) is 28.3. The maximum absolute atomic E-state index is 11.4. The topological polar surface area (TPSA) is 94.3 Å². The summed E-state index contributed by atoms with van der Waals surface area (Å²) in [5.41, 5.74) is 8.83. The van der Waals surface area contributed by atoms with E-state index >= 15 is 0 Å². The van der Waals surface area contributed by atoms with Crippen molar-refractivity contribution in [3.8, 4) is 11.5 Å².